The second-order valence-corrected chi connectivity index (χ2v) is 8.36. The molecule has 32 heavy (non-hydrogen) atoms. The molecule has 8 nitrogen and oxygen atoms in total. The molecule has 0 saturated carbocycles. The molecule has 3 aliphatic heterocycles. The number of nitrogens with zero attached hydrogens (tertiary/aromatic N) is 4. The molecule has 2 saturated heterocycles. The highest BCUT2D eigenvalue weighted by atomic mass is 19.4. The van der Waals surface area contributed by atoms with Crippen LogP contribution in [0.15, 0.2) is 12.3 Å². The van der Waals surface area contributed by atoms with Gasteiger partial charge in [0.2, 0.25) is 0 Å². The van der Waals surface area contributed by atoms with E-state index in [4.69, 9.17) is 15.2 Å². The predicted octanol–water partition coefficient (Wildman–Crippen LogP) is 2.88. The monoisotopic (exact) mass is 450 g/mol. The van der Waals surface area contributed by atoms with Crippen LogP contribution in [0.1, 0.15) is 30.4 Å². The number of fused-ring (bicyclic) bond motifs is 3. The maximum absolute atomic E-state index is 13.8. The Bertz CT molecular complexity index is 990. The summed E-state index contributed by atoms with van der Waals surface area (Å²) in [5.41, 5.74) is 5.36. The molecular formula is C21H25F3N6O2. The first-order valence-electron chi connectivity index (χ1n) is 10.8. The third-order valence-corrected chi connectivity index (χ3v) is 6.05. The summed E-state index contributed by atoms with van der Waals surface area (Å²) in [5, 5.41) is 3.24. The summed E-state index contributed by atoms with van der Waals surface area (Å²) in [6, 6.07) is 0.830. The zero-order chi connectivity index (χ0) is 22.3. The zero-order valence-corrected chi connectivity index (χ0v) is 17.5. The van der Waals surface area contributed by atoms with Crippen molar-refractivity contribution in [1.29, 1.82) is 0 Å². The van der Waals surface area contributed by atoms with E-state index < -0.39 is 11.7 Å². The normalized spacial score (nSPS) is 23.7. The molecular weight excluding hydrogens is 425 g/mol. The minimum absolute atomic E-state index is 0.0231. The van der Waals surface area contributed by atoms with Crippen molar-refractivity contribution < 1.29 is 22.6 Å². The van der Waals surface area contributed by atoms with Crippen molar-refractivity contribution >= 4 is 17.5 Å². The summed E-state index contributed by atoms with van der Waals surface area (Å²) in [6.07, 6.45) is 0.108. The number of aromatic nitrogens is 3. The molecule has 2 bridgehead atoms. The minimum atomic E-state index is -4.61. The van der Waals surface area contributed by atoms with E-state index in [1.807, 2.05) is 0 Å². The number of hydrogen-bond donors (Lipinski definition) is 2. The molecule has 172 valence electrons. The average molecular weight is 450 g/mol. The summed E-state index contributed by atoms with van der Waals surface area (Å²) in [4.78, 5) is 15.2. The van der Waals surface area contributed by atoms with Gasteiger partial charge in [0.25, 0.3) is 0 Å². The van der Waals surface area contributed by atoms with E-state index in [0.717, 1.165) is 37.1 Å². The van der Waals surface area contributed by atoms with Gasteiger partial charge in [0.05, 0.1) is 29.9 Å². The summed E-state index contributed by atoms with van der Waals surface area (Å²) in [7, 11) is 0. The van der Waals surface area contributed by atoms with Crippen LogP contribution in [0, 0.1) is 0 Å². The average Bonchev–Trinajstić information content (AvgIpc) is 3.15. The Kier molecular flexibility index (Phi) is 5.54. The molecule has 0 aliphatic carbocycles. The number of halogens is 3. The zero-order valence-electron chi connectivity index (χ0n) is 17.5. The SMILES string of the molecule is Nc1cc(C(F)(F)F)c(-c2nc3c(c(N4CC5CCC(C4)O5)n2)CCCOCCN3)cn1. The number of hydrogen-bond acceptors (Lipinski definition) is 8. The summed E-state index contributed by atoms with van der Waals surface area (Å²) in [6.45, 7) is 2.91. The van der Waals surface area contributed by atoms with Crippen LogP contribution >= 0.6 is 0 Å². The van der Waals surface area contributed by atoms with Crippen molar-refractivity contribution in [3.8, 4) is 11.4 Å². The second kappa shape index (κ2) is 8.36. The number of rotatable bonds is 2. The van der Waals surface area contributed by atoms with Crippen LogP contribution in [-0.4, -0.2) is 60.0 Å². The highest BCUT2D eigenvalue weighted by Gasteiger charge is 2.38. The van der Waals surface area contributed by atoms with Gasteiger partial charge in [-0.25, -0.2) is 15.0 Å². The van der Waals surface area contributed by atoms with Gasteiger partial charge in [-0.05, 0) is 31.7 Å². The van der Waals surface area contributed by atoms with Crippen LogP contribution < -0.4 is 16.0 Å². The maximum Gasteiger partial charge on any atom is 0.417 e. The Morgan fingerprint density at radius 1 is 1.12 bits per heavy atom. The molecule has 0 aromatic carbocycles. The second-order valence-electron chi connectivity index (χ2n) is 8.36. The number of ether oxygens (including phenoxy) is 2. The van der Waals surface area contributed by atoms with E-state index in [2.05, 4.69) is 25.2 Å². The van der Waals surface area contributed by atoms with Gasteiger partial charge in [-0.15, -0.1) is 0 Å². The van der Waals surface area contributed by atoms with Crippen molar-refractivity contribution in [2.75, 3.05) is 48.8 Å². The van der Waals surface area contributed by atoms with E-state index in [0.29, 0.717) is 50.9 Å². The fourth-order valence-corrected chi connectivity index (χ4v) is 4.60. The highest BCUT2D eigenvalue weighted by Crippen LogP contribution is 2.39. The van der Waals surface area contributed by atoms with Gasteiger partial charge in [-0.3, -0.25) is 0 Å². The summed E-state index contributed by atoms with van der Waals surface area (Å²) in [5.74, 6) is 0.970. The van der Waals surface area contributed by atoms with Gasteiger partial charge < -0.3 is 25.4 Å². The van der Waals surface area contributed by atoms with E-state index >= 15 is 0 Å². The van der Waals surface area contributed by atoms with Crippen molar-refractivity contribution in [2.24, 2.45) is 0 Å². The molecule has 0 radical (unpaired) electrons. The Hall–Kier alpha value is -2.66. The Morgan fingerprint density at radius 3 is 2.66 bits per heavy atom. The lowest BCUT2D eigenvalue weighted by atomic mass is 10.1. The van der Waals surface area contributed by atoms with E-state index in [1.165, 1.54) is 0 Å². The number of nitrogens with two attached hydrogens (primary N) is 1. The first-order valence-corrected chi connectivity index (χ1v) is 10.8. The number of pyridine rings is 1. The Morgan fingerprint density at radius 2 is 1.91 bits per heavy atom. The molecule has 2 unspecified atom stereocenters. The van der Waals surface area contributed by atoms with Crippen molar-refractivity contribution in [1.82, 2.24) is 15.0 Å². The van der Waals surface area contributed by atoms with E-state index in [-0.39, 0.29) is 29.4 Å². The smallest absolute Gasteiger partial charge is 0.384 e. The molecule has 2 fully saturated rings. The van der Waals surface area contributed by atoms with Crippen LogP contribution in [0.5, 0.6) is 0 Å². The van der Waals surface area contributed by atoms with Crippen molar-refractivity contribution in [2.45, 2.75) is 44.1 Å². The molecule has 0 amide bonds. The molecule has 11 heteroatoms. The fraction of sp³-hybridized carbons (Fsp3) is 0.571. The standard InChI is InChI=1S/C21H25F3N6O2/c22-21(23,24)16-8-17(25)27-9-15(16)19-28-18-14(2-1-6-31-7-5-26-18)20(29-19)30-10-12-3-4-13(11-30)32-12/h8-9,12-13H,1-7,10-11H2,(H2,25,27)(H,26,28,29). The molecule has 2 aromatic rings. The fourth-order valence-electron chi connectivity index (χ4n) is 4.60. The van der Waals surface area contributed by atoms with Crippen LogP contribution in [0.4, 0.5) is 30.6 Å². The summed E-state index contributed by atoms with van der Waals surface area (Å²) >= 11 is 0. The van der Waals surface area contributed by atoms with E-state index in [1.54, 1.807) is 0 Å². The molecule has 2 aromatic heterocycles. The Labute approximate surface area is 183 Å². The quantitative estimate of drug-likeness (QED) is 0.721. The topological polar surface area (TPSA) is 98.4 Å². The van der Waals surface area contributed by atoms with Gasteiger partial charge in [-0.2, -0.15) is 13.2 Å². The van der Waals surface area contributed by atoms with Crippen LogP contribution in [-0.2, 0) is 22.1 Å². The van der Waals surface area contributed by atoms with Crippen molar-refractivity contribution in [3.63, 3.8) is 0 Å². The first kappa shape index (κ1) is 21.2. The third-order valence-electron chi connectivity index (χ3n) is 6.05. The third kappa shape index (κ3) is 4.18. The lowest BCUT2D eigenvalue weighted by Crippen LogP contribution is -2.43. The maximum atomic E-state index is 13.8. The summed E-state index contributed by atoms with van der Waals surface area (Å²) < 4.78 is 52.9. The Balaban J connectivity index is 1.65. The number of morpholine rings is 1. The van der Waals surface area contributed by atoms with Gasteiger partial charge in [0, 0.05) is 38.0 Å². The van der Waals surface area contributed by atoms with Gasteiger partial charge in [-0.1, -0.05) is 0 Å². The lowest BCUT2D eigenvalue weighted by molar-refractivity contribution is -0.137. The van der Waals surface area contributed by atoms with Crippen LogP contribution in [0.25, 0.3) is 11.4 Å². The van der Waals surface area contributed by atoms with Gasteiger partial charge in [0.15, 0.2) is 5.82 Å². The number of nitrogens with one attached hydrogen (secondary N) is 1. The van der Waals surface area contributed by atoms with Crippen LogP contribution in [0.3, 0.4) is 0 Å². The predicted molar refractivity (Wildman–Crippen MR) is 112 cm³/mol. The molecule has 5 heterocycles. The largest absolute Gasteiger partial charge is 0.417 e. The first-order chi connectivity index (χ1) is 15.4. The van der Waals surface area contributed by atoms with E-state index in [9.17, 15) is 13.2 Å². The molecule has 2 atom stereocenters. The molecule has 3 aliphatic rings. The lowest BCUT2D eigenvalue weighted by Gasteiger charge is -2.34. The molecule has 5 rings (SSSR count). The molecule has 3 N–H and O–H groups in total. The van der Waals surface area contributed by atoms with Crippen LogP contribution in [0.2, 0.25) is 0 Å². The van der Waals surface area contributed by atoms with Gasteiger partial charge >= 0.3 is 6.18 Å². The minimum Gasteiger partial charge on any atom is -0.384 e. The van der Waals surface area contributed by atoms with Gasteiger partial charge in [0.1, 0.15) is 17.5 Å². The van der Waals surface area contributed by atoms with Crippen molar-refractivity contribution in [3.05, 3.63) is 23.4 Å². The number of anilines is 3. The number of alkyl halides is 3. The number of nitrogen functional groups attached to an aromatic ring is 1. The highest BCUT2D eigenvalue weighted by molar-refractivity contribution is 5.69. The molecule has 0 spiro atoms.